The lowest BCUT2D eigenvalue weighted by Crippen LogP contribution is -2.35. The van der Waals surface area contributed by atoms with Crippen molar-refractivity contribution in [2.75, 3.05) is 0 Å². The molecule has 2 bridgehead atoms. The fourth-order valence-corrected chi connectivity index (χ4v) is 5.70. The third kappa shape index (κ3) is 3.28. The van der Waals surface area contributed by atoms with Crippen LogP contribution in [0.5, 0.6) is 11.5 Å². The molecule has 1 fully saturated rings. The van der Waals surface area contributed by atoms with Crippen LogP contribution in [0.2, 0.25) is 0 Å². The van der Waals surface area contributed by atoms with Crippen LogP contribution in [0.1, 0.15) is 17.5 Å². The van der Waals surface area contributed by atoms with Crippen molar-refractivity contribution in [1.29, 1.82) is 0 Å². The Morgan fingerprint density at radius 1 is 0.800 bits per heavy atom. The van der Waals surface area contributed by atoms with Crippen LogP contribution >= 0.6 is 0 Å². The summed E-state index contributed by atoms with van der Waals surface area (Å²) in [6.07, 6.45) is -0.573. The third-order valence-electron chi connectivity index (χ3n) is 5.58. The first kappa shape index (κ1) is 18.9. The molecule has 0 aromatic heterocycles. The molecule has 0 radical (unpaired) electrons. The van der Waals surface area contributed by atoms with Crippen molar-refractivity contribution < 1.29 is 22.4 Å². The predicted octanol–water partition coefficient (Wildman–Crippen LogP) is 4.25. The van der Waals surface area contributed by atoms with E-state index in [-0.39, 0.29) is 17.6 Å². The molecule has 2 heterocycles. The maximum absolute atomic E-state index is 13.1. The number of phenols is 1. The molecule has 30 heavy (non-hydrogen) atoms. The van der Waals surface area contributed by atoms with Gasteiger partial charge in [-0.2, -0.15) is 8.42 Å². The van der Waals surface area contributed by atoms with Gasteiger partial charge in [0.1, 0.15) is 22.9 Å². The standard InChI is InChI=1S/C24H20O5S/c25-18-11-13-19(14-12-18)29-30(26,27)21-15-20-22(16-7-3-1-4-8-16)23(24(21)28-20)17-9-5-2-6-10-17/h1-14,20-21,24-25H,15H2/t20?,21-,24?/m0/s1. The highest BCUT2D eigenvalue weighted by Gasteiger charge is 2.53. The van der Waals surface area contributed by atoms with Gasteiger partial charge < -0.3 is 14.0 Å². The number of benzene rings is 3. The SMILES string of the molecule is O=S(=O)(Oc1ccc(O)cc1)[C@H]1CC2OC1C(c1ccccc1)=C2c1ccccc1. The Kier molecular flexibility index (Phi) is 4.60. The van der Waals surface area contributed by atoms with E-state index in [9.17, 15) is 13.5 Å². The first-order valence-corrected chi connectivity index (χ1v) is 11.2. The monoisotopic (exact) mass is 420 g/mol. The summed E-state index contributed by atoms with van der Waals surface area (Å²) >= 11 is 0. The fourth-order valence-electron chi connectivity index (χ4n) is 4.28. The van der Waals surface area contributed by atoms with Crippen molar-refractivity contribution in [2.45, 2.75) is 23.9 Å². The van der Waals surface area contributed by atoms with Crippen molar-refractivity contribution in [3.63, 3.8) is 0 Å². The number of fused-ring (bicyclic) bond motifs is 2. The van der Waals surface area contributed by atoms with E-state index in [4.69, 9.17) is 8.92 Å². The normalized spacial score (nSPS) is 23.0. The van der Waals surface area contributed by atoms with Gasteiger partial charge in [-0.05, 0) is 46.5 Å². The molecule has 5 nitrogen and oxygen atoms in total. The molecule has 1 N–H and O–H groups in total. The molecule has 0 aliphatic carbocycles. The second kappa shape index (κ2) is 7.31. The van der Waals surface area contributed by atoms with Gasteiger partial charge in [0.15, 0.2) is 0 Å². The molecular weight excluding hydrogens is 400 g/mol. The van der Waals surface area contributed by atoms with Gasteiger partial charge in [-0.15, -0.1) is 0 Å². The van der Waals surface area contributed by atoms with Crippen LogP contribution in [0, 0.1) is 0 Å². The molecule has 5 rings (SSSR count). The Hall–Kier alpha value is -3.09. The van der Waals surface area contributed by atoms with Gasteiger partial charge in [0.05, 0.1) is 6.10 Å². The molecule has 3 atom stereocenters. The van der Waals surface area contributed by atoms with E-state index in [1.54, 1.807) is 0 Å². The lowest BCUT2D eigenvalue weighted by atomic mass is 9.84. The summed E-state index contributed by atoms with van der Waals surface area (Å²) < 4.78 is 37.8. The van der Waals surface area contributed by atoms with Crippen LogP contribution in [0.4, 0.5) is 0 Å². The maximum atomic E-state index is 13.1. The summed E-state index contributed by atoms with van der Waals surface area (Å²) in [6, 6.07) is 25.4. The van der Waals surface area contributed by atoms with Crippen LogP contribution in [-0.4, -0.2) is 31.0 Å². The van der Waals surface area contributed by atoms with Crippen LogP contribution in [-0.2, 0) is 14.9 Å². The minimum atomic E-state index is -3.94. The van der Waals surface area contributed by atoms with E-state index in [1.165, 1.54) is 24.3 Å². The van der Waals surface area contributed by atoms with Gasteiger partial charge >= 0.3 is 10.1 Å². The van der Waals surface area contributed by atoms with Crippen molar-refractivity contribution >= 4 is 21.3 Å². The van der Waals surface area contributed by atoms with E-state index in [1.807, 2.05) is 60.7 Å². The zero-order valence-electron chi connectivity index (χ0n) is 16.0. The Morgan fingerprint density at radius 3 is 1.97 bits per heavy atom. The Bertz CT molecular complexity index is 1190. The largest absolute Gasteiger partial charge is 0.508 e. The summed E-state index contributed by atoms with van der Waals surface area (Å²) in [5.74, 6) is 0.217. The number of hydrogen-bond donors (Lipinski definition) is 1. The highest BCUT2D eigenvalue weighted by molar-refractivity contribution is 7.87. The zero-order valence-corrected chi connectivity index (χ0v) is 16.8. The lowest BCUT2D eigenvalue weighted by molar-refractivity contribution is 0.128. The van der Waals surface area contributed by atoms with Crippen LogP contribution < -0.4 is 4.18 Å². The summed E-state index contributed by atoms with van der Waals surface area (Å²) in [4.78, 5) is 0. The predicted molar refractivity (Wildman–Crippen MR) is 114 cm³/mol. The second-order valence-electron chi connectivity index (χ2n) is 7.45. The highest BCUT2D eigenvalue weighted by Crippen LogP contribution is 2.50. The van der Waals surface area contributed by atoms with Gasteiger partial charge in [0, 0.05) is 6.42 Å². The van der Waals surface area contributed by atoms with Gasteiger partial charge in [0.2, 0.25) is 0 Å². The topological polar surface area (TPSA) is 72.8 Å². The van der Waals surface area contributed by atoms with Crippen LogP contribution in [0.15, 0.2) is 84.9 Å². The summed E-state index contributed by atoms with van der Waals surface area (Å²) in [5.41, 5.74) is 3.94. The summed E-state index contributed by atoms with van der Waals surface area (Å²) in [6.45, 7) is 0. The van der Waals surface area contributed by atoms with Crippen molar-refractivity contribution in [2.24, 2.45) is 0 Å². The first-order chi connectivity index (χ1) is 14.5. The van der Waals surface area contributed by atoms with E-state index < -0.39 is 21.5 Å². The molecule has 152 valence electrons. The minimum absolute atomic E-state index is 0.0461. The van der Waals surface area contributed by atoms with Gasteiger partial charge in [-0.1, -0.05) is 60.7 Å². The Labute approximate surface area is 175 Å². The molecule has 2 aliphatic heterocycles. The third-order valence-corrected chi connectivity index (χ3v) is 7.19. The fraction of sp³-hybridized carbons (Fsp3) is 0.167. The molecule has 1 saturated heterocycles. The first-order valence-electron chi connectivity index (χ1n) is 9.75. The maximum Gasteiger partial charge on any atom is 0.315 e. The zero-order chi connectivity index (χ0) is 20.7. The summed E-state index contributed by atoms with van der Waals surface area (Å²) in [5, 5.41) is 8.61. The molecule has 6 heteroatoms. The lowest BCUT2D eigenvalue weighted by Gasteiger charge is -2.24. The van der Waals surface area contributed by atoms with E-state index >= 15 is 0 Å². The van der Waals surface area contributed by atoms with Gasteiger partial charge in [-0.3, -0.25) is 0 Å². The van der Waals surface area contributed by atoms with Crippen molar-refractivity contribution in [1.82, 2.24) is 0 Å². The van der Waals surface area contributed by atoms with Crippen LogP contribution in [0.25, 0.3) is 11.1 Å². The smallest absolute Gasteiger partial charge is 0.315 e. The molecular formula is C24H20O5S. The number of aromatic hydroxyl groups is 1. The van der Waals surface area contributed by atoms with Gasteiger partial charge in [-0.25, -0.2) is 0 Å². The Balaban J connectivity index is 1.55. The van der Waals surface area contributed by atoms with E-state index in [2.05, 4.69) is 0 Å². The molecule has 0 saturated carbocycles. The quantitative estimate of drug-likeness (QED) is 0.625. The average Bonchev–Trinajstić information content (AvgIpc) is 3.36. The average molecular weight is 420 g/mol. The molecule has 2 aliphatic rings. The Morgan fingerprint density at radius 2 is 1.37 bits per heavy atom. The molecule has 0 amide bonds. The van der Waals surface area contributed by atoms with Gasteiger partial charge in [0.25, 0.3) is 0 Å². The molecule has 3 aromatic rings. The number of rotatable bonds is 5. The number of phenolic OH excluding ortho intramolecular Hbond substituents is 1. The minimum Gasteiger partial charge on any atom is -0.508 e. The number of ether oxygens (including phenoxy) is 1. The highest BCUT2D eigenvalue weighted by atomic mass is 32.2. The van der Waals surface area contributed by atoms with Crippen molar-refractivity contribution in [3.8, 4) is 11.5 Å². The molecule has 0 spiro atoms. The second-order valence-corrected chi connectivity index (χ2v) is 9.21. The van der Waals surface area contributed by atoms with E-state index in [0.29, 0.717) is 6.42 Å². The molecule has 2 unspecified atom stereocenters. The number of hydrogen-bond acceptors (Lipinski definition) is 5. The van der Waals surface area contributed by atoms with Crippen LogP contribution in [0.3, 0.4) is 0 Å². The summed E-state index contributed by atoms with van der Waals surface area (Å²) in [7, 11) is -3.94. The van der Waals surface area contributed by atoms with Crippen molar-refractivity contribution in [3.05, 3.63) is 96.1 Å². The molecule has 3 aromatic carbocycles. The van der Waals surface area contributed by atoms with E-state index in [0.717, 1.165) is 22.3 Å².